The van der Waals surface area contributed by atoms with Crippen molar-refractivity contribution in [3.8, 4) is 11.4 Å². The SMILES string of the molecule is Nc1ccc(F)c(-c2nc3ncc(Cl)cn3n2)c1. The molecule has 0 atom stereocenters. The quantitative estimate of drug-likeness (QED) is 0.683. The average molecular weight is 264 g/mol. The standard InChI is InChI=1S/C11H7ClFN5/c12-6-4-15-11-16-10(17-18(11)5-6)8-3-7(14)1-2-9(8)13/h1-5H,14H2. The van der Waals surface area contributed by atoms with E-state index in [0.29, 0.717) is 16.5 Å². The zero-order valence-corrected chi connectivity index (χ0v) is 9.76. The summed E-state index contributed by atoms with van der Waals surface area (Å²) in [6.07, 6.45) is 3.00. The molecule has 7 heteroatoms. The van der Waals surface area contributed by atoms with Gasteiger partial charge < -0.3 is 5.73 Å². The number of aromatic nitrogens is 4. The van der Waals surface area contributed by atoms with E-state index in [0.717, 1.165) is 0 Å². The molecule has 2 aromatic heterocycles. The van der Waals surface area contributed by atoms with Gasteiger partial charge in [-0.15, -0.1) is 5.10 Å². The first-order valence-corrected chi connectivity index (χ1v) is 5.44. The molecule has 0 unspecified atom stereocenters. The fraction of sp³-hybridized carbons (Fsp3) is 0. The van der Waals surface area contributed by atoms with E-state index in [-0.39, 0.29) is 11.4 Å². The van der Waals surface area contributed by atoms with E-state index in [2.05, 4.69) is 15.1 Å². The van der Waals surface area contributed by atoms with Crippen molar-refractivity contribution in [2.75, 3.05) is 5.73 Å². The Kier molecular flexibility index (Phi) is 2.38. The van der Waals surface area contributed by atoms with Crippen molar-refractivity contribution in [3.05, 3.63) is 41.4 Å². The lowest BCUT2D eigenvalue weighted by Gasteiger charge is -1.98. The van der Waals surface area contributed by atoms with Gasteiger partial charge in [-0.05, 0) is 18.2 Å². The Morgan fingerprint density at radius 1 is 1.33 bits per heavy atom. The number of hydrogen-bond donors (Lipinski definition) is 1. The van der Waals surface area contributed by atoms with Crippen LogP contribution in [0.1, 0.15) is 0 Å². The molecule has 0 aliphatic heterocycles. The summed E-state index contributed by atoms with van der Waals surface area (Å²) in [7, 11) is 0. The molecular formula is C11H7ClFN5. The zero-order chi connectivity index (χ0) is 12.7. The Labute approximate surface area is 106 Å². The lowest BCUT2D eigenvalue weighted by molar-refractivity contribution is 0.630. The Bertz CT molecular complexity index is 739. The van der Waals surface area contributed by atoms with Crippen LogP contribution in [0.25, 0.3) is 17.2 Å². The smallest absolute Gasteiger partial charge is 0.252 e. The maximum atomic E-state index is 13.7. The van der Waals surface area contributed by atoms with Gasteiger partial charge in [0, 0.05) is 5.69 Å². The predicted molar refractivity (Wildman–Crippen MR) is 65.6 cm³/mol. The molecule has 0 saturated carbocycles. The lowest BCUT2D eigenvalue weighted by atomic mass is 10.2. The van der Waals surface area contributed by atoms with Crippen LogP contribution in [0.3, 0.4) is 0 Å². The van der Waals surface area contributed by atoms with Crippen molar-refractivity contribution in [2.24, 2.45) is 0 Å². The zero-order valence-electron chi connectivity index (χ0n) is 9.01. The molecule has 0 radical (unpaired) electrons. The molecule has 0 aliphatic carbocycles. The average Bonchev–Trinajstić information content (AvgIpc) is 2.74. The monoisotopic (exact) mass is 263 g/mol. The molecule has 3 aromatic rings. The number of nitrogens with zero attached hydrogens (tertiary/aromatic N) is 4. The maximum Gasteiger partial charge on any atom is 0.252 e. The first-order chi connectivity index (χ1) is 8.63. The van der Waals surface area contributed by atoms with E-state index in [1.165, 1.54) is 28.9 Å². The summed E-state index contributed by atoms with van der Waals surface area (Å²) in [5.41, 5.74) is 6.29. The molecule has 0 amide bonds. The van der Waals surface area contributed by atoms with Crippen LogP contribution in [0.4, 0.5) is 10.1 Å². The van der Waals surface area contributed by atoms with E-state index in [9.17, 15) is 4.39 Å². The number of benzene rings is 1. The number of nitrogen functional groups attached to an aromatic ring is 1. The molecule has 0 aliphatic rings. The number of halogens is 2. The van der Waals surface area contributed by atoms with Gasteiger partial charge in [-0.3, -0.25) is 0 Å². The van der Waals surface area contributed by atoms with Crippen molar-refractivity contribution in [1.82, 2.24) is 19.6 Å². The highest BCUT2D eigenvalue weighted by Crippen LogP contribution is 2.22. The Balaban J connectivity index is 2.22. The molecule has 0 spiro atoms. The van der Waals surface area contributed by atoms with Crippen LogP contribution < -0.4 is 5.73 Å². The minimum atomic E-state index is -0.439. The first kappa shape index (κ1) is 10.9. The number of nitrogens with two attached hydrogens (primary N) is 1. The third-order valence-corrected chi connectivity index (χ3v) is 2.59. The number of hydrogen-bond acceptors (Lipinski definition) is 4. The summed E-state index contributed by atoms with van der Waals surface area (Å²) in [4.78, 5) is 8.10. The summed E-state index contributed by atoms with van der Waals surface area (Å²) >= 11 is 5.79. The van der Waals surface area contributed by atoms with Gasteiger partial charge in [-0.1, -0.05) is 11.6 Å². The van der Waals surface area contributed by atoms with E-state index < -0.39 is 5.82 Å². The third kappa shape index (κ3) is 1.76. The van der Waals surface area contributed by atoms with Crippen molar-refractivity contribution in [2.45, 2.75) is 0 Å². The second kappa shape index (κ2) is 3.92. The second-order valence-electron chi connectivity index (χ2n) is 3.69. The molecule has 2 heterocycles. The summed E-state index contributed by atoms with van der Waals surface area (Å²) in [6.45, 7) is 0. The Morgan fingerprint density at radius 2 is 2.17 bits per heavy atom. The van der Waals surface area contributed by atoms with Crippen molar-refractivity contribution >= 4 is 23.1 Å². The lowest BCUT2D eigenvalue weighted by Crippen LogP contribution is -1.92. The summed E-state index contributed by atoms with van der Waals surface area (Å²) in [5.74, 6) is 0.122. The van der Waals surface area contributed by atoms with Gasteiger partial charge in [-0.25, -0.2) is 13.9 Å². The van der Waals surface area contributed by atoms with E-state index in [1.807, 2.05) is 0 Å². The second-order valence-corrected chi connectivity index (χ2v) is 4.13. The number of fused-ring (bicyclic) bond motifs is 1. The molecule has 0 fully saturated rings. The molecule has 2 N–H and O–H groups in total. The molecule has 5 nitrogen and oxygen atoms in total. The van der Waals surface area contributed by atoms with E-state index >= 15 is 0 Å². The van der Waals surface area contributed by atoms with Gasteiger partial charge >= 0.3 is 0 Å². The topological polar surface area (TPSA) is 69.1 Å². The predicted octanol–water partition coefficient (Wildman–Crippen LogP) is 2.17. The normalized spacial score (nSPS) is 11.0. The van der Waals surface area contributed by atoms with Gasteiger partial charge in [0.25, 0.3) is 5.78 Å². The maximum absolute atomic E-state index is 13.7. The van der Waals surface area contributed by atoms with Crippen molar-refractivity contribution in [3.63, 3.8) is 0 Å². The molecule has 0 saturated heterocycles. The van der Waals surface area contributed by atoms with Crippen LogP contribution in [-0.4, -0.2) is 19.6 Å². The Hall–Kier alpha value is -2.21. The molecule has 90 valence electrons. The number of rotatable bonds is 1. The van der Waals surface area contributed by atoms with Gasteiger partial charge in [0.15, 0.2) is 5.82 Å². The van der Waals surface area contributed by atoms with Crippen molar-refractivity contribution in [1.29, 1.82) is 0 Å². The van der Waals surface area contributed by atoms with Gasteiger partial charge in [-0.2, -0.15) is 4.98 Å². The molecule has 0 bridgehead atoms. The van der Waals surface area contributed by atoms with E-state index in [1.54, 1.807) is 6.20 Å². The third-order valence-electron chi connectivity index (χ3n) is 2.39. The minimum absolute atomic E-state index is 0.217. The highest BCUT2D eigenvalue weighted by molar-refractivity contribution is 6.30. The van der Waals surface area contributed by atoms with Crippen LogP contribution in [0.5, 0.6) is 0 Å². The van der Waals surface area contributed by atoms with Crippen molar-refractivity contribution < 1.29 is 4.39 Å². The van der Waals surface area contributed by atoms with E-state index in [4.69, 9.17) is 17.3 Å². The molecule has 1 aromatic carbocycles. The summed E-state index contributed by atoms with van der Waals surface area (Å²) in [5, 5.41) is 4.53. The van der Waals surface area contributed by atoms with Crippen LogP contribution >= 0.6 is 11.6 Å². The highest BCUT2D eigenvalue weighted by Gasteiger charge is 2.12. The largest absolute Gasteiger partial charge is 0.399 e. The highest BCUT2D eigenvalue weighted by atomic mass is 35.5. The Morgan fingerprint density at radius 3 is 3.00 bits per heavy atom. The van der Waals surface area contributed by atoms with Crippen LogP contribution in [0, 0.1) is 5.82 Å². The van der Waals surface area contributed by atoms with Crippen LogP contribution in [0.15, 0.2) is 30.6 Å². The minimum Gasteiger partial charge on any atom is -0.399 e. The molecule has 3 rings (SSSR count). The van der Waals surface area contributed by atoms with Gasteiger partial charge in [0.2, 0.25) is 0 Å². The van der Waals surface area contributed by atoms with Gasteiger partial charge in [0.05, 0.1) is 23.0 Å². The van der Waals surface area contributed by atoms with Crippen LogP contribution in [-0.2, 0) is 0 Å². The number of anilines is 1. The van der Waals surface area contributed by atoms with Crippen LogP contribution in [0.2, 0.25) is 5.02 Å². The fourth-order valence-corrected chi connectivity index (χ4v) is 1.73. The molecule has 18 heavy (non-hydrogen) atoms. The fourth-order valence-electron chi connectivity index (χ4n) is 1.59. The first-order valence-electron chi connectivity index (χ1n) is 5.07. The summed E-state index contributed by atoms with van der Waals surface area (Å²) < 4.78 is 15.1. The molecular weight excluding hydrogens is 257 g/mol. The van der Waals surface area contributed by atoms with Gasteiger partial charge in [0.1, 0.15) is 5.82 Å². The summed E-state index contributed by atoms with van der Waals surface area (Å²) in [6, 6.07) is 4.23.